The van der Waals surface area contributed by atoms with Crippen LogP contribution in [0.3, 0.4) is 0 Å². The zero-order valence-corrected chi connectivity index (χ0v) is 9.44. The Hall–Kier alpha value is -1.20. The molecule has 1 aromatic carbocycles. The molecule has 2 N–H and O–H groups in total. The molecule has 0 spiro atoms. The Labute approximate surface area is 97.5 Å². The Kier molecular flexibility index (Phi) is 2.07. The highest BCUT2D eigenvalue weighted by molar-refractivity contribution is 8.02. The molecule has 1 aromatic rings. The van der Waals surface area contributed by atoms with Gasteiger partial charge in [0.25, 0.3) is 0 Å². The van der Waals surface area contributed by atoms with Crippen LogP contribution in [0.25, 0.3) is 0 Å². The molecule has 0 bridgehead atoms. The lowest BCUT2D eigenvalue weighted by Gasteiger charge is -2.22. The van der Waals surface area contributed by atoms with Crippen molar-refractivity contribution in [3.8, 4) is 0 Å². The molecular weight excluding hydrogens is 226 g/mol. The summed E-state index contributed by atoms with van der Waals surface area (Å²) in [7, 11) is 0. The quantitative estimate of drug-likeness (QED) is 0.725. The van der Waals surface area contributed by atoms with Crippen LogP contribution < -0.4 is 10.7 Å². The number of fused-ring (bicyclic) bond motifs is 1. The van der Waals surface area contributed by atoms with Gasteiger partial charge in [-0.25, -0.2) is 0 Å². The molecular formula is C10H9N3S2. The summed E-state index contributed by atoms with van der Waals surface area (Å²) in [6, 6.07) is 10.4. The van der Waals surface area contributed by atoms with Crippen LogP contribution in [0.5, 0.6) is 0 Å². The first-order chi connectivity index (χ1) is 7.34. The van der Waals surface area contributed by atoms with Crippen LogP contribution in [0.1, 0.15) is 10.9 Å². The molecule has 1 atom stereocenters. The van der Waals surface area contributed by atoms with E-state index in [0.717, 1.165) is 5.82 Å². The molecule has 2 aliphatic heterocycles. The maximum absolute atomic E-state index is 5.06. The third kappa shape index (κ3) is 1.48. The summed E-state index contributed by atoms with van der Waals surface area (Å²) in [6.45, 7) is 0. The van der Waals surface area contributed by atoms with Crippen molar-refractivity contribution in [2.75, 3.05) is 0 Å². The lowest BCUT2D eigenvalue weighted by molar-refractivity contribution is 0.315. The SMILES string of the molecule is S=C1NC2=CSC(c3ccccc3)N2N1. The molecule has 1 saturated heterocycles. The molecule has 3 nitrogen and oxygen atoms in total. The summed E-state index contributed by atoms with van der Waals surface area (Å²) in [5.74, 6) is 1.04. The van der Waals surface area contributed by atoms with E-state index in [-0.39, 0.29) is 5.37 Å². The van der Waals surface area contributed by atoms with Gasteiger partial charge in [0, 0.05) is 5.41 Å². The molecule has 76 valence electrons. The van der Waals surface area contributed by atoms with Gasteiger partial charge in [-0.3, -0.25) is 10.4 Å². The van der Waals surface area contributed by atoms with E-state index in [9.17, 15) is 0 Å². The van der Waals surface area contributed by atoms with Crippen LogP contribution in [0.4, 0.5) is 0 Å². The molecule has 15 heavy (non-hydrogen) atoms. The molecule has 5 heteroatoms. The third-order valence-corrected chi connectivity index (χ3v) is 3.64. The van der Waals surface area contributed by atoms with Crippen LogP contribution in [-0.2, 0) is 0 Å². The van der Waals surface area contributed by atoms with Gasteiger partial charge in [-0.05, 0) is 17.8 Å². The smallest absolute Gasteiger partial charge is 0.191 e. The summed E-state index contributed by atoms with van der Waals surface area (Å²) in [5.41, 5.74) is 4.40. The Morgan fingerprint density at radius 1 is 1.27 bits per heavy atom. The van der Waals surface area contributed by atoms with E-state index in [1.165, 1.54) is 5.56 Å². The molecule has 0 amide bonds. The number of rotatable bonds is 1. The minimum Gasteiger partial charge on any atom is -0.316 e. The van der Waals surface area contributed by atoms with E-state index in [1.54, 1.807) is 11.8 Å². The standard InChI is InChI=1S/C10H9N3S2/c14-10-11-8-6-15-9(13(8)12-10)7-4-2-1-3-5-7/h1-6,9H,(H2,11,12,14). The Balaban J connectivity index is 1.90. The first-order valence-electron chi connectivity index (χ1n) is 4.62. The van der Waals surface area contributed by atoms with E-state index >= 15 is 0 Å². The topological polar surface area (TPSA) is 27.3 Å². The van der Waals surface area contributed by atoms with Crippen molar-refractivity contribution < 1.29 is 0 Å². The van der Waals surface area contributed by atoms with E-state index in [1.807, 2.05) is 6.07 Å². The largest absolute Gasteiger partial charge is 0.316 e. The van der Waals surface area contributed by atoms with Crippen LogP contribution in [0, 0.1) is 0 Å². The number of nitrogens with one attached hydrogen (secondary N) is 2. The normalized spacial score (nSPS) is 23.2. The van der Waals surface area contributed by atoms with Gasteiger partial charge < -0.3 is 5.32 Å². The lowest BCUT2D eigenvalue weighted by Crippen LogP contribution is -2.32. The molecule has 3 rings (SSSR count). The molecule has 0 aliphatic carbocycles. The second-order valence-corrected chi connectivity index (χ2v) is 4.70. The molecule has 2 aliphatic rings. The predicted octanol–water partition coefficient (Wildman–Crippen LogP) is 1.93. The van der Waals surface area contributed by atoms with Crippen LogP contribution in [0.2, 0.25) is 0 Å². The minimum atomic E-state index is 0.272. The Bertz CT molecular complexity index is 430. The zero-order chi connectivity index (χ0) is 10.3. The number of nitrogens with zero attached hydrogens (tertiary/aromatic N) is 1. The fourth-order valence-corrected chi connectivity index (χ4v) is 2.92. The summed E-state index contributed by atoms with van der Waals surface area (Å²) in [6.07, 6.45) is 0. The highest BCUT2D eigenvalue weighted by Gasteiger charge is 2.33. The first-order valence-corrected chi connectivity index (χ1v) is 5.97. The number of hydrogen-bond donors (Lipinski definition) is 2. The van der Waals surface area contributed by atoms with Gasteiger partial charge in [0.05, 0.1) is 0 Å². The van der Waals surface area contributed by atoms with Crippen molar-refractivity contribution in [3.05, 3.63) is 47.1 Å². The van der Waals surface area contributed by atoms with Crippen LogP contribution >= 0.6 is 24.0 Å². The summed E-state index contributed by atoms with van der Waals surface area (Å²) in [5, 5.41) is 8.19. The van der Waals surface area contributed by atoms with Crippen molar-refractivity contribution >= 4 is 29.1 Å². The maximum atomic E-state index is 5.06. The molecule has 1 unspecified atom stereocenters. The number of benzene rings is 1. The van der Waals surface area contributed by atoms with Gasteiger partial charge in [0.1, 0.15) is 11.2 Å². The fraction of sp³-hybridized carbons (Fsp3) is 0.100. The number of thiocarbonyl (C=S) groups is 1. The third-order valence-electron chi connectivity index (χ3n) is 2.35. The van der Waals surface area contributed by atoms with E-state index in [2.05, 4.69) is 45.4 Å². The van der Waals surface area contributed by atoms with Gasteiger partial charge in [-0.1, -0.05) is 42.1 Å². The zero-order valence-electron chi connectivity index (χ0n) is 7.81. The van der Waals surface area contributed by atoms with Crippen molar-refractivity contribution in [2.45, 2.75) is 5.37 Å². The van der Waals surface area contributed by atoms with E-state index in [4.69, 9.17) is 12.2 Å². The molecule has 0 aromatic heterocycles. The summed E-state index contributed by atoms with van der Waals surface area (Å²) < 4.78 is 0. The van der Waals surface area contributed by atoms with E-state index < -0.39 is 0 Å². The molecule has 0 radical (unpaired) electrons. The second kappa shape index (κ2) is 3.43. The van der Waals surface area contributed by atoms with Crippen LogP contribution in [0.15, 0.2) is 41.6 Å². The van der Waals surface area contributed by atoms with Crippen LogP contribution in [-0.4, -0.2) is 10.1 Å². The Morgan fingerprint density at radius 2 is 2.07 bits per heavy atom. The second-order valence-electron chi connectivity index (χ2n) is 3.34. The average Bonchev–Trinajstić information content (AvgIpc) is 2.77. The number of hydrazine groups is 1. The van der Waals surface area contributed by atoms with E-state index in [0.29, 0.717) is 5.11 Å². The molecule has 0 saturated carbocycles. The highest BCUT2D eigenvalue weighted by atomic mass is 32.2. The minimum absolute atomic E-state index is 0.272. The highest BCUT2D eigenvalue weighted by Crippen LogP contribution is 2.41. The number of thioether (sulfide) groups is 1. The fourth-order valence-electron chi connectivity index (χ4n) is 1.68. The summed E-state index contributed by atoms with van der Waals surface area (Å²) >= 11 is 6.83. The average molecular weight is 235 g/mol. The van der Waals surface area contributed by atoms with Crippen molar-refractivity contribution in [1.29, 1.82) is 0 Å². The monoisotopic (exact) mass is 235 g/mol. The van der Waals surface area contributed by atoms with Crippen molar-refractivity contribution in [1.82, 2.24) is 15.8 Å². The number of hydrogen-bond acceptors (Lipinski definition) is 3. The van der Waals surface area contributed by atoms with Crippen molar-refractivity contribution in [2.24, 2.45) is 0 Å². The van der Waals surface area contributed by atoms with Gasteiger partial charge in [0.2, 0.25) is 0 Å². The van der Waals surface area contributed by atoms with Gasteiger partial charge in [-0.15, -0.1) is 0 Å². The first kappa shape index (κ1) is 9.06. The Morgan fingerprint density at radius 3 is 2.87 bits per heavy atom. The summed E-state index contributed by atoms with van der Waals surface area (Å²) in [4.78, 5) is 0. The van der Waals surface area contributed by atoms with Gasteiger partial charge >= 0.3 is 0 Å². The molecule has 2 heterocycles. The lowest BCUT2D eigenvalue weighted by atomic mass is 10.2. The van der Waals surface area contributed by atoms with Crippen molar-refractivity contribution in [3.63, 3.8) is 0 Å². The molecule has 1 fully saturated rings. The van der Waals surface area contributed by atoms with Gasteiger partial charge in [0.15, 0.2) is 5.11 Å². The van der Waals surface area contributed by atoms with Gasteiger partial charge in [-0.2, -0.15) is 0 Å². The predicted molar refractivity (Wildman–Crippen MR) is 65.6 cm³/mol. The maximum Gasteiger partial charge on any atom is 0.191 e.